The zero-order valence-electron chi connectivity index (χ0n) is 18.5. The average molecular weight is 479 g/mol. The fraction of sp³-hybridized carbons (Fsp3) is 0.455. The molecule has 0 bridgehead atoms. The third kappa shape index (κ3) is 6.68. The first-order chi connectivity index (χ1) is 15.3. The molecule has 0 spiro atoms. The van der Waals surface area contributed by atoms with Crippen molar-refractivity contribution in [2.45, 2.75) is 43.4 Å². The number of rotatable bonds is 9. The van der Waals surface area contributed by atoms with Crippen LogP contribution < -0.4 is 14.9 Å². The third-order valence-corrected chi connectivity index (χ3v) is 7.17. The second-order valence-electron chi connectivity index (χ2n) is 7.83. The lowest BCUT2D eigenvalue weighted by Crippen LogP contribution is -2.45. The molecule has 1 fully saturated rings. The van der Waals surface area contributed by atoms with E-state index < -0.39 is 22.0 Å². The van der Waals surface area contributed by atoms with Gasteiger partial charge < -0.3 is 15.0 Å². The van der Waals surface area contributed by atoms with Crippen molar-refractivity contribution < 1.29 is 17.9 Å². The van der Waals surface area contributed by atoms with Crippen LogP contribution in [0.15, 0.2) is 53.6 Å². The molecule has 0 radical (unpaired) electrons. The van der Waals surface area contributed by atoms with Crippen molar-refractivity contribution in [2.24, 2.45) is 0 Å². The molecule has 2 aromatic rings. The van der Waals surface area contributed by atoms with E-state index >= 15 is 0 Å². The Morgan fingerprint density at radius 2 is 1.88 bits per heavy atom. The van der Waals surface area contributed by atoms with Crippen LogP contribution in [0.5, 0.6) is 0 Å². The van der Waals surface area contributed by atoms with Gasteiger partial charge in [0.05, 0.1) is 29.0 Å². The molecule has 0 aliphatic carbocycles. The molecule has 2 heterocycles. The van der Waals surface area contributed by atoms with Crippen LogP contribution in [0.4, 0.5) is 11.5 Å². The summed E-state index contributed by atoms with van der Waals surface area (Å²) in [5, 5.41) is 2.79. The SMILES string of the molecule is CSCCC(NS(=O)(=O)c1ccccc1)C(=O)Nc1ccc(N2CC(C)OC(C)C2)nc1. The maximum atomic E-state index is 12.9. The van der Waals surface area contributed by atoms with E-state index in [-0.39, 0.29) is 17.1 Å². The number of aromatic nitrogens is 1. The number of hydrogen-bond donors (Lipinski definition) is 2. The number of thioether (sulfide) groups is 1. The number of morpholine rings is 1. The second-order valence-corrected chi connectivity index (χ2v) is 10.5. The molecule has 1 amide bonds. The maximum Gasteiger partial charge on any atom is 0.242 e. The summed E-state index contributed by atoms with van der Waals surface area (Å²) in [5.74, 6) is 1.04. The first-order valence-electron chi connectivity index (χ1n) is 10.5. The molecule has 0 saturated carbocycles. The van der Waals surface area contributed by atoms with Gasteiger partial charge in [0.1, 0.15) is 11.9 Å². The lowest BCUT2D eigenvalue weighted by molar-refractivity contribution is -0.117. The predicted octanol–water partition coefficient (Wildman–Crippen LogP) is 2.73. The summed E-state index contributed by atoms with van der Waals surface area (Å²) in [6, 6.07) is 10.8. The largest absolute Gasteiger partial charge is 0.372 e. The van der Waals surface area contributed by atoms with Gasteiger partial charge in [0.25, 0.3) is 0 Å². The Morgan fingerprint density at radius 3 is 2.47 bits per heavy atom. The molecule has 174 valence electrons. The maximum absolute atomic E-state index is 12.9. The first kappa shape index (κ1) is 24.5. The second kappa shape index (κ2) is 11.1. The molecule has 32 heavy (non-hydrogen) atoms. The zero-order chi connectivity index (χ0) is 23.1. The number of sulfonamides is 1. The Morgan fingerprint density at radius 1 is 1.19 bits per heavy atom. The highest BCUT2D eigenvalue weighted by atomic mass is 32.2. The van der Waals surface area contributed by atoms with E-state index in [1.807, 2.05) is 26.2 Å². The quantitative estimate of drug-likeness (QED) is 0.572. The number of nitrogens with one attached hydrogen (secondary N) is 2. The Labute approximate surface area is 194 Å². The summed E-state index contributed by atoms with van der Waals surface area (Å²) in [4.78, 5) is 19.7. The molecule has 3 atom stereocenters. The van der Waals surface area contributed by atoms with Crippen LogP contribution in [0.3, 0.4) is 0 Å². The van der Waals surface area contributed by atoms with Gasteiger partial charge in [-0.3, -0.25) is 4.79 Å². The van der Waals surface area contributed by atoms with E-state index in [1.54, 1.807) is 42.2 Å². The normalized spacial score (nSPS) is 20.0. The molecule has 3 rings (SSSR count). The smallest absolute Gasteiger partial charge is 0.242 e. The molecule has 1 aromatic carbocycles. The zero-order valence-corrected chi connectivity index (χ0v) is 20.2. The molecular formula is C22H30N4O4S2. The number of nitrogens with zero attached hydrogens (tertiary/aromatic N) is 2. The van der Waals surface area contributed by atoms with Crippen LogP contribution in [0, 0.1) is 0 Å². The fourth-order valence-electron chi connectivity index (χ4n) is 3.58. The Hall–Kier alpha value is -2.14. The summed E-state index contributed by atoms with van der Waals surface area (Å²) < 4.78 is 33.7. The molecule has 1 aliphatic heterocycles. The minimum absolute atomic E-state index is 0.120. The van der Waals surface area contributed by atoms with Gasteiger partial charge in [-0.05, 0) is 56.5 Å². The van der Waals surface area contributed by atoms with E-state index in [0.29, 0.717) is 17.9 Å². The van der Waals surface area contributed by atoms with Crippen molar-refractivity contribution in [1.29, 1.82) is 0 Å². The van der Waals surface area contributed by atoms with Gasteiger partial charge in [-0.2, -0.15) is 16.5 Å². The molecular weight excluding hydrogens is 448 g/mol. The van der Waals surface area contributed by atoms with Crippen LogP contribution >= 0.6 is 11.8 Å². The summed E-state index contributed by atoms with van der Waals surface area (Å²) in [7, 11) is -3.81. The number of anilines is 2. The third-order valence-electron chi connectivity index (χ3n) is 5.04. The van der Waals surface area contributed by atoms with E-state index in [1.165, 1.54) is 12.1 Å². The standard InChI is InChI=1S/C22H30N4O4S2/c1-16-14-26(15-17(2)30-16)21-10-9-18(13-23-21)24-22(27)20(11-12-31-3)25-32(28,29)19-7-5-4-6-8-19/h4-10,13,16-17,20,25H,11-12,14-15H2,1-3H3,(H,24,27). The van der Waals surface area contributed by atoms with Crippen molar-refractivity contribution in [3.8, 4) is 0 Å². The van der Waals surface area contributed by atoms with E-state index in [4.69, 9.17) is 4.74 Å². The van der Waals surface area contributed by atoms with E-state index in [2.05, 4.69) is 19.9 Å². The van der Waals surface area contributed by atoms with Gasteiger partial charge in [-0.15, -0.1) is 0 Å². The minimum Gasteiger partial charge on any atom is -0.372 e. The lowest BCUT2D eigenvalue weighted by atomic mass is 10.2. The molecule has 1 aliphatic rings. The highest BCUT2D eigenvalue weighted by molar-refractivity contribution is 7.98. The summed E-state index contributed by atoms with van der Waals surface area (Å²) in [6.45, 7) is 5.56. The number of benzene rings is 1. The topological polar surface area (TPSA) is 101 Å². The van der Waals surface area contributed by atoms with Gasteiger partial charge in [0.2, 0.25) is 15.9 Å². The van der Waals surface area contributed by atoms with Gasteiger partial charge in [-0.25, -0.2) is 13.4 Å². The number of amides is 1. The number of pyridine rings is 1. The van der Waals surface area contributed by atoms with Crippen LogP contribution in [0.25, 0.3) is 0 Å². The highest BCUT2D eigenvalue weighted by Crippen LogP contribution is 2.20. The lowest BCUT2D eigenvalue weighted by Gasteiger charge is -2.36. The molecule has 10 heteroatoms. The van der Waals surface area contributed by atoms with Gasteiger partial charge in [0, 0.05) is 13.1 Å². The first-order valence-corrected chi connectivity index (χ1v) is 13.4. The van der Waals surface area contributed by atoms with Crippen LogP contribution in [0.1, 0.15) is 20.3 Å². The molecule has 3 unspecified atom stereocenters. The van der Waals surface area contributed by atoms with Crippen molar-refractivity contribution in [3.63, 3.8) is 0 Å². The Balaban J connectivity index is 1.68. The summed E-state index contributed by atoms with van der Waals surface area (Å²) >= 11 is 1.55. The number of ether oxygens (including phenoxy) is 1. The summed E-state index contributed by atoms with van der Waals surface area (Å²) in [5.41, 5.74) is 0.515. The number of carbonyl (C=O) groups excluding carboxylic acids is 1. The van der Waals surface area contributed by atoms with Crippen LogP contribution in [-0.4, -0.2) is 62.7 Å². The number of hydrogen-bond acceptors (Lipinski definition) is 7. The predicted molar refractivity (Wildman–Crippen MR) is 129 cm³/mol. The fourth-order valence-corrected chi connectivity index (χ4v) is 5.30. The molecule has 1 aromatic heterocycles. The minimum atomic E-state index is -3.81. The van der Waals surface area contributed by atoms with E-state index in [0.717, 1.165) is 18.9 Å². The summed E-state index contributed by atoms with van der Waals surface area (Å²) in [6.07, 6.45) is 4.12. The van der Waals surface area contributed by atoms with Gasteiger partial charge in [-0.1, -0.05) is 18.2 Å². The highest BCUT2D eigenvalue weighted by Gasteiger charge is 2.26. The van der Waals surface area contributed by atoms with Crippen molar-refractivity contribution in [1.82, 2.24) is 9.71 Å². The van der Waals surface area contributed by atoms with Crippen LogP contribution in [-0.2, 0) is 19.6 Å². The Bertz CT molecular complexity index is 977. The molecule has 1 saturated heterocycles. The monoisotopic (exact) mass is 478 g/mol. The average Bonchev–Trinajstić information content (AvgIpc) is 2.77. The molecule has 8 nitrogen and oxygen atoms in total. The molecule has 2 N–H and O–H groups in total. The van der Waals surface area contributed by atoms with Gasteiger partial charge >= 0.3 is 0 Å². The van der Waals surface area contributed by atoms with Crippen LogP contribution in [0.2, 0.25) is 0 Å². The number of carbonyl (C=O) groups is 1. The van der Waals surface area contributed by atoms with Crippen molar-refractivity contribution in [2.75, 3.05) is 35.3 Å². The van der Waals surface area contributed by atoms with Gasteiger partial charge in [0.15, 0.2) is 0 Å². The van der Waals surface area contributed by atoms with Crippen molar-refractivity contribution in [3.05, 3.63) is 48.7 Å². The Kier molecular flexibility index (Phi) is 8.52. The van der Waals surface area contributed by atoms with E-state index in [9.17, 15) is 13.2 Å². The van der Waals surface area contributed by atoms with Crippen molar-refractivity contribution >= 4 is 39.2 Å².